The molecule has 1 aromatic carbocycles. The minimum absolute atomic E-state index is 0.200. The molecule has 0 aliphatic rings. The minimum Gasteiger partial charge on any atom is -0.229 e. The van der Waals surface area contributed by atoms with Crippen LogP contribution in [0, 0.1) is 0 Å². The molecule has 1 rings (SSSR count). The van der Waals surface area contributed by atoms with Crippen LogP contribution < -0.4 is 5.14 Å². The quantitative estimate of drug-likeness (QED) is 0.858. The average Bonchev–Trinajstić information content (AvgIpc) is 2.16. The highest BCUT2D eigenvalue weighted by Gasteiger charge is 2.32. The Morgan fingerprint density at radius 3 is 2.20 bits per heavy atom. The topological polar surface area (TPSA) is 60.2 Å². The van der Waals surface area contributed by atoms with Gasteiger partial charge in [0.1, 0.15) is 0 Å². The summed E-state index contributed by atoms with van der Waals surface area (Å²) >= 11 is 0. The molecule has 0 saturated heterocycles. The maximum Gasteiger partial charge on any atom is 0.274 e. The van der Waals surface area contributed by atoms with E-state index in [0.717, 1.165) is 0 Å². The number of hydrogen-bond donors (Lipinski definition) is 1. The molecule has 0 fully saturated rings. The van der Waals surface area contributed by atoms with E-state index in [2.05, 4.69) is 5.14 Å². The van der Waals surface area contributed by atoms with Gasteiger partial charge in [-0.1, -0.05) is 30.3 Å². The van der Waals surface area contributed by atoms with Gasteiger partial charge < -0.3 is 0 Å². The Labute approximate surface area is 87.0 Å². The van der Waals surface area contributed by atoms with Gasteiger partial charge in [0.05, 0.1) is 5.75 Å². The van der Waals surface area contributed by atoms with Crippen LogP contribution in [0.2, 0.25) is 0 Å². The smallest absolute Gasteiger partial charge is 0.229 e. The van der Waals surface area contributed by atoms with Gasteiger partial charge in [0.2, 0.25) is 10.0 Å². The fraction of sp³-hybridized carbons (Fsp3) is 0.333. The molecule has 0 unspecified atom stereocenters. The number of benzene rings is 1. The zero-order chi connectivity index (χ0) is 11.5. The summed E-state index contributed by atoms with van der Waals surface area (Å²) in [6.07, 6.45) is -0.796. The van der Waals surface area contributed by atoms with Crippen molar-refractivity contribution in [2.45, 2.75) is 12.3 Å². The summed E-state index contributed by atoms with van der Waals surface area (Å²) in [4.78, 5) is 0. The Bertz CT molecular complexity index is 417. The number of nitrogens with two attached hydrogens (primary N) is 1. The molecule has 0 aliphatic heterocycles. The van der Waals surface area contributed by atoms with Crippen molar-refractivity contribution in [2.24, 2.45) is 5.14 Å². The number of alkyl halides is 2. The molecule has 0 aromatic heterocycles. The predicted octanol–water partition coefficient (Wildman–Crippen LogP) is 1.46. The Kier molecular flexibility index (Phi) is 3.41. The van der Waals surface area contributed by atoms with Gasteiger partial charge in [-0.2, -0.15) is 0 Å². The Balaban J connectivity index is 2.76. The average molecular weight is 235 g/mol. The molecule has 6 heteroatoms. The monoisotopic (exact) mass is 235 g/mol. The lowest BCUT2D eigenvalue weighted by molar-refractivity contribution is -0.00746. The largest absolute Gasteiger partial charge is 0.274 e. The second-order valence-corrected chi connectivity index (χ2v) is 4.92. The second-order valence-electron chi connectivity index (χ2n) is 3.19. The van der Waals surface area contributed by atoms with Crippen molar-refractivity contribution in [3.63, 3.8) is 0 Å². The molecular weight excluding hydrogens is 224 g/mol. The fourth-order valence-electron chi connectivity index (χ4n) is 1.10. The lowest BCUT2D eigenvalue weighted by Gasteiger charge is -2.15. The van der Waals surface area contributed by atoms with E-state index in [4.69, 9.17) is 0 Å². The molecule has 0 aliphatic carbocycles. The third-order valence-corrected chi connectivity index (χ3v) is 2.67. The zero-order valence-corrected chi connectivity index (χ0v) is 8.68. The third-order valence-electron chi connectivity index (χ3n) is 1.90. The molecule has 0 heterocycles. The lowest BCUT2D eigenvalue weighted by atomic mass is 10.1. The van der Waals surface area contributed by atoms with Crippen molar-refractivity contribution >= 4 is 10.0 Å². The van der Waals surface area contributed by atoms with Crippen LogP contribution in [0.5, 0.6) is 0 Å². The first kappa shape index (κ1) is 12.1. The van der Waals surface area contributed by atoms with E-state index in [1.54, 1.807) is 6.07 Å². The Morgan fingerprint density at radius 2 is 1.73 bits per heavy atom. The molecular formula is C9H11F2NO2S. The molecule has 2 N–H and O–H groups in total. The molecule has 0 atom stereocenters. The van der Waals surface area contributed by atoms with Gasteiger partial charge in [-0.15, -0.1) is 0 Å². The zero-order valence-electron chi connectivity index (χ0n) is 7.86. The summed E-state index contributed by atoms with van der Waals surface area (Å²) in [5.41, 5.74) is -0.200. The Morgan fingerprint density at radius 1 is 1.20 bits per heavy atom. The van der Waals surface area contributed by atoms with Crippen LogP contribution in [0.1, 0.15) is 12.0 Å². The van der Waals surface area contributed by atoms with Crippen molar-refractivity contribution < 1.29 is 17.2 Å². The Hall–Kier alpha value is -1.01. The number of sulfonamides is 1. The highest BCUT2D eigenvalue weighted by Crippen LogP contribution is 2.31. The van der Waals surface area contributed by atoms with Crippen LogP contribution in [-0.2, 0) is 15.9 Å². The van der Waals surface area contributed by atoms with E-state index in [1.165, 1.54) is 24.3 Å². The highest BCUT2D eigenvalue weighted by atomic mass is 32.2. The van der Waals surface area contributed by atoms with E-state index in [9.17, 15) is 17.2 Å². The van der Waals surface area contributed by atoms with Crippen LogP contribution in [-0.4, -0.2) is 14.2 Å². The maximum atomic E-state index is 13.4. The first-order chi connectivity index (χ1) is 6.81. The van der Waals surface area contributed by atoms with Gasteiger partial charge in [-0.3, -0.25) is 0 Å². The van der Waals surface area contributed by atoms with Crippen LogP contribution in [0.15, 0.2) is 30.3 Å². The van der Waals surface area contributed by atoms with Gasteiger partial charge in [0.25, 0.3) is 5.92 Å². The van der Waals surface area contributed by atoms with Crippen molar-refractivity contribution in [3.8, 4) is 0 Å². The normalized spacial score (nSPS) is 12.7. The van der Waals surface area contributed by atoms with Gasteiger partial charge in [0, 0.05) is 12.0 Å². The van der Waals surface area contributed by atoms with Crippen LogP contribution >= 0.6 is 0 Å². The molecule has 0 spiro atoms. The first-order valence-electron chi connectivity index (χ1n) is 4.25. The van der Waals surface area contributed by atoms with E-state index < -0.39 is 28.1 Å². The predicted molar refractivity (Wildman–Crippen MR) is 52.9 cm³/mol. The summed E-state index contributed by atoms with van der Waals surface area (Å²) in [5.74, 6) is -3.89. The van der Waals surface area contributed by atoms with Gasteiger partial charge in [-0.25, -0.2) is 22.3 Å². The van der Waals surface area contributed by atoms with E-state index in [1.807, 2.05) is 0 Å². The van der Waals surface area contributed by atoms with Crippen molar-refractivity contribution in [1.29, 1.82) is 0 Å². The summed E-state index contributed by atoms with van der Waals surface area (Å²) in [6, 6.07) is 7.06. The molecule has 3 nitrogen and oxygen atoms in total. The standard InChI is InChI=1S/C9H11F2NO2S/c10-9(11,6-7-15(12,13)14)8-4-2-1-3-5-8/h1-5H,6-7H2,(H2,12,13,14). The molecule has 1 aromatic rings. The molecule has 0 saturated carbocycles. The van der Waals surface area contributed by atoms with Crippen LogP contribution in [0.25, 0.3) is 0 Å². The lowest BCUT2D eigenvalue weighted by Crippen LogP contribution is -2.23. The van der Waals surface area contributed by atoms with Crippen molar-refractivity contribution in [2.75, 3.05) is 5.75 Å². The molecule has 0 bridgehead atoms. The van der Waals surface area contributed by atoms with E-state index >= 15 is 0 Å². The van der Waals surface area contributed by atoms with Gasteiger partial charge in [-0.05, 0) is 0 Å². The summed E-state index contributed by atoms with van der Waals surface area (Å²) in [5, 5.41) is 4.66. The van der Waals surface area contributed by atoms with Crippen LogP contribution in [0.3, 0.4) is 0 Å². The van der Waals surface area contributed by atoms with Crippen molar-refractivity contribution in [3.05, 3.63) is 35.9 Å². The number of hydrogen-bond acceptors (Lipinski definition) is 2. The number of halogens is 2. The summed E-state index contributed by atoms with van der Waals surface area (Å²) in [7, 11) is -3.85. The number of rotatable bonds is 4. The second kappa shape index (κ2) is 4.24. The SMILES string of the molecule is NS(=O)(=O)CCC(F)(F)c1ccccc1. The first-order valence-corrected chi connectivity index (χ1v) is 5.97. The van der Waals surface area contributed by atoms with Crippen molar-refractivity contribution in [1.82, 2.24) is 0 Å². The van der Waals surface area contributed by atoms with E-state index in [0.29, 0.717) is 0 Å². The third kappa shape index (κ3) is 3.93. The maximum absolute atomic E-state index is 13.4. The van der Waals surface area contributed by atoms with Gasteiger partial charge in [0.15, 0.2) is 0 Å². The minimum atomic E-state index is -3.85. The molecule has 0 radical (unpaired) electrons. The molecule has 84 valence electrons. The molecule has 15 heavy (non-hydrogen) atoms. The van der Waals surface area contributed by atoms with Crippen LogP contribution in [0.4, 0.5) is 8.78 Å². The number of primary sulfonamides is 1. The summed E-state index contributed by atoms with van der Waals surface area (Å²) < 4.78 is 47.8. The fourth-order valence-corrected chi connectivity index (χ4v) is 1.64. The highest BCUT2D eigenvalue weighted by molar-refractivity contribution is 7.89. The van der Waals surface area contributed by atoms with E-state index in [-0.39, 0.29) is 5.56 Å². The summed E-state index contributed by atoms with van der Waals surface area (Å²) in [6.45, 7) is 0. The molecule has 0 amide bonds. The van der Waals surface area contributed by atoms with Gasteiger partial charge >= 0.3 is 0 Å².